The molecule has 102 valence electrons. The van der Waals surface area contributed by atoms with E-state index in [0.717, 1.165) is 5.56 Å². The molecule has 1 aromatic rings. The van der Waals surface area contributed by atoms with Crippen molar-refractivity contribution in [2.75, 3.05) is 19.7 Å². The van der Waals surface area contributed by atoms with Crippen LogP contribution in [-0.2, 0) is 20.7 Å². The molecule has 1 N–H and O–H groups in total. The summed E-state index contributed by atoms with van der Waals surface area (Å²) in [6, 6.07) is 9.54. The highest BCUT2D eigenvalue weighted by molar-refractivity contribution is 5.80. The Bertz CT molecular complexity index is 466. The summed E-state index contributed by atoms with van der Waals surface area (Å²) in [5.41, 5.74) is 0.456. The second-order valence-electron chi connectivity index (χ2n) is 5.04. The van der Waals surface area contributed by atoms with Crippen LogP contribution in [0.5, 0.6) is 0 Å². The Hall–Kier alpha value is -1.88. The zero-order valence-electron chi connectivity index (χ0n) is 10.8. The van der Waals surface area contributed by atoms with E-state index < -0.39 is 11.6 Å². The van der Waals surface area contributed by atoms with Gasteiger partial charge in [0.15, 0.2) is 0 Å². The highest BCUT2D eigenvalue weighted by Gasteiger charge is 2.42. The zero-order valence-corrected chi connectivity index (χ0v) is 10.8. The van der Waals surface area contributed by atoms with Gasteiger partial charge in [-0.15, -0.1) is 0 Å². The molecule has 2 rings (SSSR count). The van der Waals surface area contributed by atoms with Crippen molar-refractivity contribution in [1.82, 2.24) is 4.90 Å². The van der Waals surface area contributed by atoms with Crippen LogP contribution in [0.2, 0.25) is 0 Å². The van der Waals surface area contributed by atoms with Gasteiger partial charge in [-0.25, -0.2) is 4.79 Å². The number of likely N-dealkylation sites (tertiary alicyclic amines) is 1. The van der Waals surface area contributed by atoms with Gasteiger partial charge in [0.05, 0.1) is 19.5 Å². The van der Waals surface area contributed by atoms with Crippen molar-refractivity contribution in [2.24, 2.45) is 0 Å². The maximum absolute atomic E-state index is 12.0. The standard InChI is InChI=1S/C14H17NO4/c1-14(19-8-13(17)18)9-15(10-14)12(16)7-11-5-3-2-4-6-11/h2-6H,7-10H2,1H3,(H,17,18). The SMILES string of the molecule is CC1(OCC(=O)O)CN(C(=O)Cc2ccccc2)C1. The first-order valence-electron chi connectivity index (χ1n) is 6.16. The minimum absolute atomic E-state index is 0.0441. The summed E-state index contributed by atoms with van der Waals surface area (Å²) >= 11 is 0. The minimum Gasteiger partial charge on any atom is -0.480 e. The zero-order chi connectivity index (χ0) is 13.9. The van der Waals surface area contributed by atoms with Gasteiger partial charge in [0, 0.05) is 0 Å². The van der Waals surface area contributed by atoms with Crippen LogP contribution in [0.15, 0.2) is 30.3 Å². The van der Waals surface area contributed by atoms with Crippen LogP contribution in [-0.4, -0.2) is 47.2 Å². The first kappa shape index (κ1) is 13.5. The van der Waals surface area contributed by atoms with Crippen molar-refractivity contribution in [3.05, 3.63) is 35.9 Å². The van der Waals surface area contributed by atoms with Crippen LogP contribution in [0.4, 0.5) is 0 Å². The van der Waals surface area contributed by atoms with Gasteiger partial charge in [-0.1, -0.05) is 30.3 Å². The Balaban J connectivity index is 1.80. The third kappa shape index (κ3) is 3.54. The maximum atomic E-state index is 12.0. The molecule has 1 saturated heterocycles. The Labute approximate surface area is 111 Å². The van der Waals surface area contributed by atoms with E-state index >= 15 is 0 Å². The number of nitrogens with zero attached hydrogens (tertiary/aromatic N) is 1. The van der Waals surface area contributed by atoms with E-state index in [1.165, 1.54) is 0 Å². The first-order valence-corrected chi connectivity index (χ1v) is 6.16. The molecule has 0 aromatic heterocycles. The normalized spacial score (nSPS) is 16.8. The summed E-state index contributed by atoms with van der Waals surface area (Å²) in [5, 5.41) is 8.56. The Kier molecular flexibility index (Phi) is 3.85. The van der Waals surface area contributed by atoms with Crippen LogP contribution in [0, 0.1) is 0 Å². The number of benzene rings is 1. The molecule has 0 spiro atoms. The van der Waals surface area contributed by atoms with Crippen molar-refractivity contribution in [2.45, 2.75) is 18.9 Å². The monoisotopic (exact) mass is 263 g/mol. The molecule has 1 aliphatic rings. The molecule has 0 bridgehead atoms. The quantitative estimate of drug-likeness (QED) is 0.858. The molecule has 5 nitrogen and oxygen atoms in total. The molecule has 0 radical (unpaired) electrons. The van der Waals surface area contributed by atoms with E-state index in [0.29, 0.717) is 19.5 Å². The maximum Gasteiger partial charge on any atom is 0.329 e. The van der Waals surface area contributed by atoms with Crippen molar-refractivity contribution >= 4 is 11.9 Å². The largest absolute Gasteiger partial charge is 0.480 e. The lowest BCUT2D eigenvalue weighted by molar-refractivity contribution is -0.172. The molecule has 19 heavy (non-hydrogen) atoms. The molecular weight excluding hydrogens is 246 g/mol. The number of amides is 1. The molecule has 0 saturated carbocycles. The molecule has 1 heterocycles. The average Bonchev–Trinajstić information content (AvgIpc) is 2.34. The van der Waals surface area contributed by atoms with E-state index in [4.69, 9.17) is 9.84 Å². The summed E-state index contributed by atoms with van der Waals surface area (Å²) < 4.78 is 5.26. The number of carbonyl (C=O) groups is 2. The molecule has 1 fully saturated rings. The summed E-state index contributed by atoms with van der Waals surface area (Å²) in [7, 11) is 0. The number of hydrogen-bond acceptors (Lipinski definition) is 3. The van der Waals surface area contributed by atoms with Crippen molar-refractivity contribution in [3.8, 4) is 0 Å². The molecule has 0 aliphatic carbocycles. The van der Waals surface area contributed by atoms with E-state index in [9.17, 15) is 9.59 Å². The number of rotatable bonds is 5. The van der Waals surface area contributed by atoms with Gasteiger partial charge in [-0.05, 0) is 12.5 Å². The topological polar surface area (TPSA) is 66.8 Å². The molecule has 1 amide bonds. The predicted octanol–water partition coefficient (Wildman–Crippen LogP) is 0.931. The highest BCUT2D eigenvalue weighted by Crippen LogP contribution is 2.25. The van der Waals surface area contributed by atoms with Crippen LogP contribution < -0.4 is 0 Å². The highest BCUT2D eigenvalue weighted by atomic mass is 16.5. The minimum atomic E-state index is -0.990. The first-order chi connectivity index (χ1) is 8.98. The smallest absolute Gasteiger partial charge is 0.329 e. The molecular formula is C14H17NO4. The second-order valence-corrected chi connectivity index (χ2v) is 5.04. The van der Waals surface area contributed by atoms with Crippen LogP contribution in [0.3, 0.4) is 0 Å². The lowest BCUT2D eigenvalue weighted by Gasteiger charge is -2.47. The average molecular weight is 263 g/mol. The van der Waals surface area contributed by atoms with Gasteiger partial charge in [0.25, 0.3) is 0 Å². The number of carboxylic acid groups (broad SMARTS) is 1. The number of aliphatic carboxylic acids is 1. The summed E-state index contributed by atoms with van der Waals surface area (Å²) in [5.74, 6) is -0.946. The summed E-state index contributed by atoms with van der Waals surface area (Å²) in [6.45, 7) is 2.40. The fourth-order valence-corrected chi connectivity index (χ4v) is 2.15. The van der Waals surface area contributed by atoms with Gasteiger partial charge in [-0.3, -0.25) is 4.79 Å². The molecule has 5 heteroatoms. The lowest BCUT2D eigenvalue weighted by atomic mass is 9.95. The number of hydrogen-bond donors (Lipinski definition) is 1. The Morgan fingerprint density at radius 2 is 1.95 bits per heavy atom. The van der Waals surface area contributed by atoms with E-state index in [2.05, 4.69) is 0 Å². The second kappa shape index (κ2) is 5.40. The van der Waals surface area contributed by atoms with Gasteiger partial charge in [-0.2, -0.15) is 0 Å². The number of carboxylic acids is 1. The number of carbonyl (C=O) groups excluding carboxylic acids is 1. The summed E-state index contributed by atoms with van der Waals surface area (Å²) in [4.78, 5) is 24.1. The van der Waals surface area contributed by atoms with Crippen molar-refractivity contribution < 1.29 is 19.4 Å². The van der Waals surface area contributed by atoms with Crippen LogP contribution >= 0.6 is 0 Å². The predicted molar refractivity (Wildman–Crippen MR) is 68.7 cm³/mol. The lowest BCUT2D eigenvalue weighted by Crippen LogP contribution is -2.63. The van der Waals surface area contributed by atoms with Crippen LogP contribution in [0.25, 0.3) is 0 Å². The van der Waals surface area contributed by atoms with Gasteiger partial charge in [0.1, 0.15) is 12.2 Å². The van der Waals surface area contributed by atoms with Gasteiger partial charge in [0.2, 0.25) is 5.91 Å². The van der Waals surface area contributed by atoms with Gasteiger partial charge >= 0.3 is 5.97 Å². The van der Waals surface area contributed by atoms with Crippen molar-refractivity contribution in [1.29, 1.82) is 0 Å². The Morgan fingerprint density at radius 1 is 1.32 bits per heavy atom. The van der Waals surface area contributed by atoms with E-state index in [-0.39, 0.29) is 12.5 Å². The molecule has 0 unspecified atom stereocenters. The third-order valence-electron chi connectivity index (χ3n) is 3.15. The summed E-state index contributed by atoms with van der Waals surface area (Å²) in [6.07, 6.45) is 0.371. The molecule has 0 atom stereocenters. The molecule has 1 aliphatic heterocycles. The van der Waals surface area contributed by atoms with E-state index in [1.54, 1.807) is 4.90 Å². The fourth-order valence-electron chi connectivity index (χ4n) is 2.15. The van der Waals surface area contributed by atoms with Crippen molar-refractivity contribution in [3.63, 3.8) is 0 Å². The van der Waals surface area contributed by atoms with E-state index in [1.807, 2.05) is 37.3 Å². The van der Waals surface area contributed by atoms with Crippen LogP contribution in [0.1, 0.15) is 12.5 Å². The fraction of sp³-hybridized carbons (Fsp3) is 0.429. The molecule has 1 aromatic carbocycles. The Morgan fingerprint density at radius 3 is 2.53 bits per heavy atom. The number of ether oxygens (including phenoxy) is 1. The third-order valence-corrected chi connectivity index (χ3v) is 3.15. The van der Waals surface area contributed by atoms with Gasteiger partial charge < -0.3 is 14.7 Å².